The lowest BCUT2D eigenvalue weighted by Crippen LogP contribution is -2.19. The second-order valence-corrected chi connectivity index (χ2v) is 9.21. The Labute approximate surface area is 221 Å². The van der Waals surface area contributed by atoms with E-state index in [0.717, 1.165) is 27.4 Å². The third-order valence-corrected chi connectivity index (χ3v) is 6.74. The lowest BCUT2D eigenvalue weighted by Gasteiger charge is -2.15. The number of aromatic nitrogens is 5. The largest absolute Gasteiger partial charge is 0.497 e. The summed E-state index contributed by atoms with van der Waals surface area (Å²) in [6, 6.07) is 15.0. The number of benzene rings is 2. The quantitative estimate of drug-likeness (QED) is 0.275. The molecular weight excluding hydrogens is 511 g/mol. The molecule has 3 heterocycles. The van der Waals surface area contributed by atoms with E-state index in [4.69, 9.17) is 9.47 Å². The Bertz CT molecular complexity index is 1690. The van der Waals surface area contributed by atoms with Gasteiger partial charge in [0.05, 0.1) is 37.5 Å². The first-order valence-corrected chi connectivity index (χ1v) is 12.2. The maximum absolute atomic E-state index is 13.5. The van der Waals surface area contributed by atoms with Crippen molar-refractivity contribution in [2.75, 3.05) is 14.2 Å². The SMILES string of the molecule is COc1ccc(Cn2cnnc2CC(C)c2cccc(-n3cc4c(C(F)(F)F)cccn4c3=O)c2)c(OC)c1. The summed E-state index contributed by atoms with van der Waals surface area (Å²) in [6.07, 6.45) is 0.196. The van der Waals surface area contributed by atoms with Crippen LogP contribution in [0.4, 0.5) is 13.2 Å². The van der Waals surface area contributed by atoms with Crippen molar-refractivity contribution in [1.82, 2.24) is 23.7 Å². The van der Waals surface area contributed by atoms with Crippen molar-refractivity contribution < 1.29 is 22.6 Å². The molecule has 1 unspecified atom stereocenters. The standard InChI is InChI=1S/C28H26F3N5O3/c1-18(12-26-33-32-17-34(26)15-20-9-10-22(38-2)14-25(20)39-3)19-6-4-7-21(13-19)36-16-24-23(28(29,30)31)8-5-11-35(24)27(36)37/h4-11,13-14,16-18H,12,15H2,1-3H3. The van der Waals surface area contributed by atoms with Crippen molar-refractivity contribution in [3.63, 3.8) is 0 Å². The van der Waals surface area contributed by atoms with Crippen molar-refractivity contribution in [2.45, 2.75) is 32.0 Å². The van der Waals surface area contributed by atoms with Gasteiger partial charge in [-0.15, -0.1) is 10.2 Å². The van der Waals surface area contributed by atoms with Gasteiger partial charge in [0.2, 0.25) is 0 Å². The summed E-state index contributed by atoms with van der Waals surface area (Å²) in [5, 5.41) is 8.40. The van der Waals surface area contributed by atoms with E-state index in [1.165, 1.54) is 23.0 Å². The first-order chi connectivity index (χ1) is 18.7. The average Bonchev–Trinajstić information content (AvgIpc) is 3.51. The highest BCUT2D eigenvalue weighted by atomic mass is 19.4. The zero-order chi connectivity index (χ0) is 27.7. The predicted molar refractivity (Wildman–Crippen MR) is 139 cm³/mol. The highest BCUT2D eigenvalue weighted by molar-refractivity contribution is 5.56. The third kappa shape index (κ3) is 5.12. The molecule has 202 valence electrons. The molecule has 0 N–H and O–H groups in total. The van der Waals surface area contributed by atoms with Gasteiger partial charge in [0.15, 0.2) is 0 Å². The van der Waals surface area contributed by atoms with E-state index in [2.05, 4.69) is 10.2 Å². The number of hydrogen-bond donors (Lipinski definition) is 0. The van der Waals surface area contributed by atoms with Gasteiger partial charge in [0.25, 0.3) is 0 Å². The number of methoxy groups -OCH3 is 2. The molecule has 0 saturated heterocycles. The molecule has 0 aliphatic rings. The van der Waals surface area contributed by atoms with Crippen LogP contribution in [0.1, 0.15) is 35.4 Å². The number of rotatable bonds is 8. The molecule has 3 aromatic heterocycles. The number of hydrogen-bond acceptors (Lipinski definition) is 5. The van der Waals surface area contributed by atoms with Crippen LogP contribution in [0.25, 0.3) is 11.2 Å². The summed E-state index contributed by atoms with van der Waals surface area (Å²) < 4.78 is 55.5. The van der Waals surface area contributed by atoms with Gasteiger partial charge < -0.3 is 14.0 Å². The fourth-order valence-corrected chi connectivity index (χ4v) is 4.65. The lowest BCUT2D eigenvalue weighted by atomic mass is 9.97. The molecule has 0 saturated carbocycles. The Kier molecular flexibility index (Phi) is 6.90. The van der Waals surface area contributed by atoms with Gasteiger partial charge in [0.1, 0.15) is 23.7 Å². The second-order valence-electron chi connectivity index (χ2n) is 9.21. The van der Waals surface area contributed by atoms with Gasteiger partial charge in [0, 0.05) is 30.4 Å². The van der Waals surface area contributed by atoms with Crippen LogP contribution in [0.5, 0.6) is 11.5 Å². The lowest BCUT2D eigenvalue weighted by molar-refractivity contribution is -0.136. The fraction of sp³-hybridized carbons (Fsp3) is 0.250. The van der Waals surface area contributed by atoms with E-state index in [9.17, 15) is 18.0 Å². The van der Waals surface area contributed by atoms with Crippen LogP contribution >= 0.6 is 0 Å². The molecule has 5 rings (SSSR count). The van der Waals surface area contributed by atoms with Gasteiger partial charge in [-0.05, 0) is 47.9 Å². The zero-order valence-electron chi connectivity index (χ0n) is 21.5. The van der Waals surface area contributed by atoms with Crippen LogP contribution in [0, 0.1) is 0 Å². The number of ether oxygens (including phenoxy) is 2. The predicted octanol–water partition coefficient (Wildman–Crippen LogP) is 5.11. The van der Waals surface area contributed by atoms with Crippen LogP contribution in [0.3, 0.4) is 0 Å². The van der Waals surface area contributed by atoms with E-state index in [0.29, 0.717) is 30.2 Å². The van der Waals surface area contributed by atoms with Crippen LogP contribution in [-0.4, -0.2) is 38.0 Å². The monoisotopic (exact) mass is 537 g/mol. The molecule has 0 aliphatic heterocycles. The fourth-order valence-electron chi connectivity index (χ4n) is 4.65. The molecule has 0 radical (unpaired) electrons. The Morgan fingerprint density at radius 3 is 2.59 bits per heavy atom. The highest BCUT2D eigenvalue weighted by Crippen LogP contribution is 2.32. The molecule has 1 atom stereocenters. The summed E-state index contributed by atoms with van der Waals surface area (Å²) in [6.45, 7) is 2.52. The molecular formula is C28H26F3N5O3. The van der Waals surface area contributed by atoms with Crippen molar-refractivity contribution >= 4 is 5.52 Å². The maximum atomic E-state index is 13.5. The minimum absolute atomic E-state index is 0.0240. The first-order valence-electron chi connectivity index (χ1n) is 12.2. The van der Waals surface area contributed by atoms with Crippen LogP contribution in [0.2, 0.25) is 0 Å². The van der Waals surface area contributed by atoms with Gasteiger partial charge in [-0.2, -0.15) is 13.2 Å². The smallest absolute Gasteiger partial charge is 0.418 e. The Morgan fingerprint density at radius 2 is 1.85 bits per heavy atom. The summed E-state index contributed by atoms with van der Waals surface area (Å²) >= 11 is 0. The van der Waals surface area contributed by atoms with Crippen molar-refractivity contribution in [1.29, 1.82) is 0 Å². The summed E-state index contributed by atoms with van der Waals surface area (Å²) in [4.78, 5) is 13.0. The Hall–Kier alpha value is -4.54. The van der Waals surface area contributed by atoms with Crippen LogP contribution in [-0.2, 0) is 19.1 Å². The van der Waals surface area contributed by atoms with Crippen molar-refractivity contribution in [2.24, 2.45) is 0 Å². The Morgan fingerprint density at radius 1 is 1.03 bits per heavy atom. The maximum Gasteiger partial charge on any atom is 0.418 e. The molecule has 0 fully saturated rings. The van der Waals surface area contributed by atoms with E-state index in [-0.39, 0.29) is 11.4 Å². The first kappa shape index (κ1) is 26.1. The molecule has 8 nitrogen and oxygen atoms in total. The number of halogens is 3. The van der Waals surface area contributed by atoms with E-state index in [1.54, 1.807) is 32.7 Å². The number of alkyl halides is 3. The highest BCUT2D eigenvalue weighted by Gasteiger charge is 2.33. The van der Waals surface area contributed by atoms with Gasteiger partial charge in [-0.3, -0.25) is 8.97 Å². The molecule has 0 aliphatic carbocycles. The third-order valence-electron chi connectivity index (χ3n) is 6.74. The molecule has 0 amide bonds. The second kappa shape index (κ2) is 10.3. The van der Waals surface area contributed by atoms with E-state index in [1.807, 2.05) is 41.8 Å². The van der Waals surface area contributed by atoms with E-state index >= 15 is 0 Å². The summed E-state index contributed by atoms with van der Waals surface area (Å²) in [5.41, 5.74) is 0.683. The van der Waals surface area contributed by atoms with Crippen LogP contribution < -0.4 is 15.2 Å². The van der Waals surface area contributed by atoms with Gasteiger partial charge in [-0.25, -0.2) is 4.79 Å². The molecule has 0 spiro atoms. The van der Waals surface area contributed by atoms with E-state index < -0.39 is 17.4 Å². The average molecular weight is 538 g/mol. The molecule has 2 aromatic carbocycles. The van der Waals surface area contributed by atoms with Gasteiger partial charge >= 0.3 is 11.9 Å². The summed E-state index contributed by atoms with van der Waals surface area (Å²) in [5.74, 6) is 2.11. The summed E-state index contributed by atoms with van der Waals surface area (Å²) in [7, 11) is 3.20. The van der Waals surface area contributed by atoms with Crippen molar-refractivity contribution in [3.05, 3.63) is 106 Å². The number of pyridine rings is 1. The molecule has 11 heteroatoms. The normalized spacial score (nSPS) is 12.6. The minimum atomic E-state index is -4.58. The Balaban J connectivity index is 1.41. The molecule has 0 bridgehead atoms. The van der Waals surface area contributed by atoms with Crippen LogP contribution in [0.15, 0.2) is 78.1 Å². The van der Waals surface area contributed by atoms with Gasteiger partial charge in [-0.1, -0.05) is 19.1 Å². The van der Waals surface area contributed by atoms with Crippen molar-refractivity contribution in [3.8, 4) is 17.2 Å². The number of fused-ring (bicyclic) bond motifs is 1. The topological polar surface area (TPSA) is 75.6 Å². The molecule has 5 aromatic rings. The zero-order valence-corrected chi connectivity index (χ0v) is 21.5. The minimum Gasteiger partial charge on any atom is -0.497 e. The number of nitrogens with zero attached hydrogens (tertiary/aromatic N) is 5. The number of imidazole rings is 1. The molecule has 39 heavy (non-hydrogen) atoms.